The fourth-order valence-electron chi connectivity index (χ4n) is 1.48. The van der Waals surface area contributed by atoms with Gasteiger partial charge in [-0.25, -0.2) is 0 Å². The first-order valence-corrected chi connectivity index (χ1v) is 5.26. The Hall–Kier alpha value is -0.120. The van der Waals surface area contributed by atoms with Gasteiger partial charge in [-0.15, -0.1) is 0 Å². The number of hydrogen-bond acceptors (Lipinski definition) is 3. The Kier molecular flexibility index (Phi) is 5.06. The third kappa shape index (κ3) is 6.35. The van der Waals surface area contributed by atoms with Crippen molar-refractivity contribution in [2.45, 2.75) is 40.2 Å². The lowest BCUT2D eigenvalue weighted by Gasteiger charge is -2.34. The third-order valence-corrected chi connectivity index (χ3v) is 2.14. The van der Waals surface area contributed by atoms with Crippen molar-refractivity contribution >= 4 is 0 Å². The monoisotopic (exact) mass is 203 g/mol. The minimum absolute atomic E-state index is 0.0960. The Bertz CT molecular complexity index is 161. The van der Waals surface area contributed by atoms with E-state index in [-0.39, 0.29) is 12.0 Å². The maximum atomic E-state index is 9.68. The molecule has 0 aliphatic rings. The quantitative estimate of drug-likeness (QED) is 0.679. The Labute approximate surface area is 87.7 Å². The van der Waals surface area contributed by atoms with Crippen LogP contribution in [0.15, 0.2) is 0 Å². The summed E-state index contributed by atoms with van der Waals surface area (Å²) in [5, 5.41) is 18.8. The molecule has 14 heavy (non-hydrogen) atoms. The summed E-state index contributed by atoms with van der Waals surface area (Å²) < 4.78 is 0. The van der Waals surface area contributed by atoms with E-state index in [0.717, 1.165) is 13.1 Å². The van der Waals surface area contributed by atoms with Crippen molar-refractivity contribution in [3.63, 3.8) is 0 Å². The van der Waals surface area contributed by atoms with Crippen LogP contribution in [0, 0.1) is 5.41 Å². The van der Waals surface area contributed by atoms with Gasteiger partial charge in [0.05, 0.1) is 5.60 Å². The van der Waals surface area contributed by atoms with Crippen LogP contribution < -0.4 is 0 Å². The molecule has 0 aliphatic carbocycles. The van der Waals surface area contributed by atoms with Gasteiger partial charge in [0.2, 0.25) is 0 Å². The highest BCUT2D eigenvalue weighted by molar-refractivity contribution is 4.77. The van der Waals surface area contributed by atoms with E-state index < -0.39 is 5.60 Å². The molecule has 0 radical (unpaired) electrons. The standard InChI is InChI=1S/C11H25NO2/c1-6-12(8-11(4,5)14)7-10(2,3)9-13/h13-14H,6-9H2,1-5H3. The second kappa shape index (κ2) is 5.10. The van der Waals surface area contributed by atoms with Gasteiger partial charge in [0.15, 0.2) is 0 Å². The molecular weight excluding hydrogens is 178 g/mol. The number of rotatable bonds is 6. The molecule has 2 N–H and O–H groups in total. The molecule has 0 aromatic rings. The van der Waals surface area contributed by atoms with Crippen LogP contribution in [0.2, 0.25) is 0 Å². The Morgan fingerprint density at radius 1 is 1.07 bits per heavy atom. The summed E-state index contributed by atoms with van der Waals surface area (Å²) in [4.78, 5) is 2.16. The Balaban J connectivity index is 4.17. The van der Waals surface area contributed by atoms with Crippen molar-refractivity contribution in [2.75, 3.05) is 26.2 Å². The first kappa shape index (κ1) is 13.9. The Morgan fingerprint density at radius 2 is 1.57 bits per heavy atom. The summed E-state index contributed by atoms with van der Waals surface area (Å²) in [6.07, 6.45) is 0. The topological polar surface area (TPSA) is 43.7 Å². The van der Waals surface area contributed by atoms with Crippen LogP contribution in [0.1, 0.15) is 34.6 Å². The molecule has 0 amide bonds. The van der Waals surface area contributed by atoms with Gasteiger partial charge in [-0.3, -0.25) is 0 Å². The number of hydrogen-bond donors (Lipinski definition) is 2. The van der Waals surface area contributed by atoms with E-state index in [2.05, 4.69) is 11.8 Å². The van der Waals surface area contributed by atoms with Gasteiger partial charge in [-0.2, -0.15) is 0 Å². The van der Waals surface area contributed by atoms with Crippen molar-refractivity contribution in [3.05, 3.63) is 0 Å². The predicted octanol–water partition coefficient (Wildman–Crippen LogP) is 1.10. The fourth-order valence-corrected chi connectivity index (χ4v) is 1.48. The highest BCUT2D eigenvalue weighted by Gasteiger charge is 2.24. The molecule has 0 saturated carbocycles. The van der Waals surface area contributed by atoms with Gasteiger partial charge in [0, 0.05) is 25.1 Å². The van der Waals surface area contributed by atoms with Gasteiger partial charge in [0.25, 0.3) is 0 Å². The molecule has 0 bridgehead atoms. The lowest BCUT2D eigenvalue weighted by atomic mass is 9.93. The van der Waals surface area contributed by atoms with Crippen LogP contribution in [0.4, 0.5) is 0 Å². The normalized spacial score (nSPS) is 13.7. The molecular formula is C11H25NO2. The van der Waals surface area contributed by atoms with E-state index in [4.69, 9.17) is 5.11 Å². The van der Waals surface area contributed by atoms with Crippen LogP contribution in [-0.2, 0) is 0 Å². The third-order valence-electron chi connectivity index (χ3n) is 2.14. The number of nitrogens with zero attached hydrogens (tertiary/aromatic N) is 1. The lowest BCUT2D eigenvalue weighted by Crippen LogP contribution is -2.43. The van der Waals surface area contributed by atoms with Gasteiger partial charge in [-0.05, 0) is 20.4 Å². The van der Waals surface area contributed by atoms with E-state index in [1.54, 1.807) is 0 Å². The zero-order valence-electron chi connectivity index (χ0n) is 10.2. The summed E-state index contributed by atoms with van der Waals surface area (Å²) >= 11 is 0. The molecule has 3 nitrogen and oxygen atoms in total. The van der Waals surface area contributed by atoms with E-state index in [9.17, 15) is 5.11 Å². The van der Waals surface area contributed by atoms with Crippen molar-refractivity contribution in [2.24, 2.45) is 5.41 Å². The predicted molar refractivity (Wildman–Crippen MR) is 59.3 cm³/mol. The minimum Gasteiger partial charge on any atom is -0.396 e. The van der Waals surface area contributed by atoms with Crippen molar-refractivity contribution in [3.8, 4) is 0 Å². The summed E-state index contributed by atoms with van der Waals surface area (Å²) in [5.74, 6) is 0. The van der Waals surface area contributed by atoms with Crippen molar-refractivity contribution < 1.29 is 10.2 Å². The zero-order chi connectivity index (χ0) is 11.4. The second-order valence-electron chi connectivity index (χ2n) is 5.44. The van der Waals surface area contributed by atoms with Gasteiger partial charge >= 0.3 is 0 Å². The van der Waals surface area contributed by atoms with Crippen LogP contribution in [-0.4, -0.2) is 47.0 Å². The van der Waals surface area contributed by atoms with Gasteiger partial charge in [0.1, 0.15) is 0 Å². The average Bonchev–Trinajstić information content (AvgIpc) is 2.00. The maximum absolute atomic E-state index is 9.68. The largest absolute Gasteiger partial charge is 0.396 e. The molecule has 0 atom stereocenters. The van der Waals surface area contributed by atoms with E-state index in [1.807, 2.05) is 27.7 Å². The smallest absolute Gasteiger partial charge is 0.0718 e. The first-order chi connectivity index (χ1) is 6.20. The molecule has 0 aromatic heterocycles. The molecule has 3 heteroatoms. The van der Waals surface area contributed by atoms with Gasteiger partial charge in [-0.1, -0.05) is 20.8 Å². The number of aliphatic hydroxyl groups excluding tert-OH is 1. The van der Waals surface area contributed by atoms with E-state index in [0.29, 0.717) is 6.54 Å². The minimum atomic E-state index is -0.665. The molecule has 0 unspecified atom stereocenters. The average molecular weight is 203 g/mol. The van der Waals surface area contributed by atoms with Gasteiger partial charge < -0.3 is 15.1 Å². The van der Waals surface area contributed by atoms with Crippen LogP contribution >= 0.6 is 0 Å². The molecule has 0 aromatic carbocycles. The SMILES string of the molecule is CCN(CC(C)(C)O)CC(C)(C)CO. The lowest BCUT2D eigenvalue weighted by molar-refractivity contribution is 0.0173. The first-order valence-electron chi connectivity index (χ1n) is 5.26. The molecule has 86 valence electrons. The highest BCUT2D eigenvalue weighted by atomic mass is 16.3. The number of aliphatic hydroxyl groups is 2. The Morgan fingerprint density at radius 3 is 1.86 bits per heavy atom. The maximum Gasteiger partial charge on any atom is 0.0718 e. The van der Waals surface area contributed by atoms with Crippen molar-refractivity contribution in [1.82, 2.24) is 4.90 Å². The molecule has 0 spiro atoms. The summed E-state index contributed by atoms with van der Waals surface area (Å²) in [7, 11) is 0. The number of likely N-dealkylation sites (N-methyl/N-ethyl adjacent to an activating group) is 1. The highest BCUT2D eigenvalue weighted by Crippen LogP contribution is 2.17. The molecule has 0 aliphatic heterocycles. The summed E-state index contributed by atoms with van der Waals surface area (Å²) in [6, 6.07) is 0. The van der Waals surface area contributed by atoms with Crippen molar-refractivity contribution in [1.29, 1.82) is 0 Å². The van der Waals surface area contributed by atoms with Crippen LogP contribution in [0.5, 0.6) is 0 Å². The molecule has 0 heterocycles. The van der Waals surface area contributed by atoms with Crippen LogP contribution in [0.3, 0.4) is 0 Å². The molecule has 0 saturated heterocycles. The van der Waals surface area contributed by atoms with E-state index >= 15 is 0 Å². The molecule has 0 rings (SSSR count). The summed E-state index contributed by atoms with van der Waals surface area (Å²) in [5.41, 5.74) is -0.761. The summed E-state index contributed by atoms with van der Waals surface area (Å²) in [6.45, 7) is 12.3. The fraction of sp³-hybridized carbons (Fsp3) is 1.00. The second-order valence-corrected chi connectivity index (χ2v) is 5.44. The van der Waals surface area contributed by atoms with E-state index in [1.165, 1.54) is 0 Å². The van der Waals surface area contributed by atoms with Crippen LogP contribution in [0.25, 0.3) is 0 Å². The zero-order valence-corrected chi connectivity index (χ0v) is 10.2. The molecule has 0 fully saturated rings.